The van der Waals surface area contributed by atoms with Gasteiger partial charge >= 0.3 is 0 Å². The zero-order chi connectivity index (χ0) is 9.97. The highest BCUT2D eigenvalue weighted by molar-refractivity contribution is 5.85. The molecule has 2 rings (SSSR count). The van der Waals surface area contributed by atoms with Crippen molar-refractivity contribution in [1.29, 1.82) is 0 Å². The monoisotopic (exact) mass is 227 g/mol. The van der Waals surface area contributed by atoms with Gasteiger partial charge in [-0.3, -0.25) is 0 Å². The molecule has 15 heavy (non-hydrogen) atoms. The highest BCUT2D eigenvalue weighted by Gasteiger charge is 2.12. The molecule has 0 bridgehead atoms. The lowest BCUT2D eigenvalue weighted by molar-refractivity contribution is 0.415. The van der Waals surface area contributed by atoms with Gasteiger partial charge in [-0.1, -0.05) is 5.16 Å². The fourth-order valence-corrected chi connectivity index (χ4v) is 0.920. The molecule has 0 aliphatic rings. The molecule has 2 aromatic heterocycles. The van der Waals surface area contributed by atoms with Crippen LogP contribution in [-0.2, 0) is 0 Å². The summed E-state index contributed by atoms with van der Waals surface area (Å²) in [5.41, 5.74) is 5.58. The minimum atomic E-state index is -0.254. The molecular formula is C8H10ClN5O. The van der Waals surface area contributed by atoms with Crippen LogP contribution in [-0.4, -0.2) is 20.1 Å². The Morgan fingerprint density at radius 1 is 1.33 bits per heavy atom. The summed E-state index contributed by atoms with van der Waals surface area (Å²) in [4.78, 5) is 12.0. The summed E-state index contributed by atoms with van der Waals surface area (Å²) in [7, 11) is 0. The third kappa shape index (κ3) is 2.48. The van der Waals surface area contributed by atoms with E-state index in [1.807, 2.05) is 0 Å². The minimum Gasteiger partial charge on any atom is -0.330 e. The van der Waals surface area contributed by atoms with Gasteiger partial charge in [0.15, 0.2) is 5.82 Å². The number of aromatic nitrogens is 4. The fourth-order valence-electron chi connectivity index (χ4n) is 0.920. The van der Waals surface area contributed by atoms with E-state index in [2.05, 4.69) is 20.1 Å². The van der Waals surface area contributed by atoms with Crippen molar-refractivity contribution in [2.45, 2.75) is 13.0 Å². The van der Waals surface area contributed by atoms with Crippen molar-refractivity contribution in [3.05, 3.63) is 24.3 Å². The fraction of sp³-hybridized carbons (Fsp3) is 0.250. The molecule has 0 aliphatic carbocycles. The van der Waals surface area contributed by atoms with E-state index in [0.717, 1.165) is 0 Å². The van der Waals surface area contributed by atoms with Crippen LogP contribution in [0, 0.1) is 0 Å². The van der Waals surface area contributed by atoms with Crippen LogP contribution in [0.3, 0.4) is 0 Å². The number of nitrogens with two attached hydrogens (primary N) is 1. The van der Waals surface area contributed by atoms with Crippen LogP contribution in [0.5, 0.6) is 0 Å². The van der Waals surface area contributed by atoms with Gasteiger partial charge in [-0.15, -0.1) is 12.4 Å². The molecule has 0 aliphatic heterocycles. The van der Waals surface area contributed by atoms with Crippen LogP contribution < -0.4 is 5.73 Å². The Morgan fingerprint density at radius 2 is 2.00 bits per heavy atom. The average molecular weight is 228 g/mol. The van der Waals surface area contributed by atoms with Crippen molar-refractivity contribution < 1.29 is 4.52 Å². The largest absolute Gasteiger partial charge is 0.330 e. The number of nitrogens with zero attached hydrogens (tertiary/aromatic N) is 4. The van der Waals surface area contributed by atoms with Crippen molar-refractivity contribution in [1.82, 2.24) is 20.1 Å². The average Bonchev–Trinajstić information content (AvgIpc) is 2.68. The summed E-state index contributed by atoms with van der Waals surface area (Å²) >= 11 is 0. The van der Waals surface area contributed by atoms with E-state index in [4.69, 9.17) is 10.3 Å². The molecule has 6 nitrogen and oxygen atoms in total. The van der Waals surface area contributed by atoms with E-state index in [1.54, 1.807) is 25.4 Å². The van der Waals surface area contributed by atoms with Crippen LogP contribution >= 0.6 is 12.4 Å². The summed E-state index contributed by atoms with van der Waals surface area (Å²) in [5, 5.41) is 3.70. The summed E-state index contributed by atoms with van der Waals surface area (Å²) < 4.78 is 4.95. The Morgan fingerprint density at radius 3 is 2.53 bits per heavy atom. The first-order chi connectivity index (χ1) is 6.77. The highest BCUT2D eigenvalue weighted by atomic mass is 35.5. The summed E-state index contributed by atoms with van der Waals surface area (Å²) in [6.45, 7) is 1.78. The van der Waals surface area contributed by atoms with Gasteiger partial charge in [-0.05, 0) is 13.0 Å². The van der Waals surface area contributed by atoms with Crippen molar-refractivity contribution in [3.63, 3.8) is 0 Å². The normalized spacial score (nSPS) is 11.9. The number of rotatable bonds is 2. The minimum absolute atomic E-state index is 0. The molecule has 1 unspecified atom stereocenters. The zero-order valence-electron chi connectivity index (χ0n) is 7.99. The van der Waals surface area contributed by atoms with Gasteiger partial charge in [0, 0.05) is 12.4 Å². The zero-order valence-corrected chi connectivity index (χ0v) is 8.81. The van der Waals surface area contributed by atoms with Crippen LogP contribution in [0.25, 0.3) is 11.7 Å². The van der Waals surface area contributed by atoms with E-state index in [1.165, 1.54) is 0 Å². The molecule has 0 saturated carbocycles. The molecule has 80 valence electrons. The Bertz CT molecular complexity index is 416. The van der Waals surface area contributed by atoms with E-state index >= 15 is 0 Å². The van der Waals surface area contributed by atoms with Crippen LogP contribution in [0.2, 0.25) is 0 Å². The smallest absolute Gasteiger partial charge is 0.295 e. The maximum absolute atomic E-state index is 5.58. The molecule has 2 N–H and O–H groups in total. The molecule has 2 aromatic rings. The lowest BCUT2D eigenvalue weighted by atomic mass is 10.3. The number of hydrogen-bond donors (Lipinski definition) is 1. The standard InChI is InChI=1S/C8H9N5O.ClH/c1-5(9)6-12-8(14-13-6)7-10-3-2-4-11-7;/h2-5H,9H2,1H3;1H. The summed E-state index contributed by atoms with van der Waals surface area (Å²) in [6.07, 6.45) is 3.22. The molecular weight excluding hydrogens is 218 g/mol. The molecule has 0 radical (unpaired) electrons. The lowest BCUT2D eigenvalue weighted by Gasteiger charge is -1.92. The maximum atomic E-state index is 5.58. The molecule has 0 saturated heterocycles. The van der Waals surface area contributed by atoms with Gasteiger partial charge in [-0.25, -0.2) is 9.97 Å². The molecule has 2 heterocycles. The Labute approximate surface area is 92.3 Å². The first kappa shape index (κ1) is 11.5. The number of halogens is 1. The molecule has 0 amide bonds. The molecule has 0 fully saturated rings. The quantitative estimate of drug-likeness (QED) is 0.822. The van der Waals surface area contributed by atoms with Gasteiger partial charge in [-0.2, -0.15) is 4.98 Å². The highest BCUT2D eigenvalue weighted by Crippen LogP contribution is 2.12. The van der Waals surface area contributed by atoms with Crippen molar-refractivity contribution >= 4 is 12.4 Å². The maximum Gasteiger partial charge on any atom is 0.295 e. The van der Waals surface area contributed by atoms with Crippen LogP contribution in [0.1, 0.15) is 18.8 Å². The third-order valence-corrected chi connectivity index (χ3v) is 1.61. The van der Waals surface area contributed by atoms with Gasteiger partial charge in [0.25, 0.3) is 5.89 Å². The third-order valence-electron chi connectivity index (χ3n) is 1.61. The van der Waals surface area contributed by atoms with E-state index in [9.17, 15) is 0 Å². The summed E-state index contributed by atoms with van der Waals surface area (Å²) in [6, 6.07) is 1.46. The molecule has 7 heteroatoms. The SMILES string of the molecule is CC(N)c1noc(-c2ncccn2)n1.Cl. The van der Waals surface area contributed by atoms with Crippen molar-refractivity contribution in [2.75, 3.05) is 0 Å². The van der Waals surface area contributed by atoms with Gasteiger partial charge in [0.05, 0.1) is 6.04 Å². The Kier molecular flexibility index (Phi) is 3.70. The van der Waals surface area contributed by atoms with Gasteiger partial charge < -0.3 is 10.3 Å². The Hall–Kier alpha value is -1.53. The van der Waals surface area contributed by atoms with Crippen molar-refractivity contribution in [2.24, 2.45) is 5.73 Å². The molecule has 0 spiro atoms. The van der Waals surface area contributed by atoms with E-state index in [0.29, 0.717) is 11.6 Å². The second kappa shape index (κ2) is 4.81. The van der Waals surface area contributed by atoms with Gasteiger partial charge in [0.2, 0.25) is 5.82 Å². The second-order valence-corrected chi connectivity index (χ2v) is 2.82. The first-order valence-electron chi connectivity index (χ1n) is 4.14. The topological polar surface area (TPSA) is 90.7 Å². The van der Waals surface area contributed by atoms with Gasteiger partial charge in [0.1, 0.15) is 0 Å². The lowest BCUT2D eigenvalue weighted by Crippen LogP contribution is -2.06. The van der Waals surface area contributed by atoms with Crippen LogP contribution in [0.4, 0.5) is 0 Å². The van der Waals surface area contributed by atoms with E-state index < -0.39 is 0 Å². The molecule has 1 atom stereocenters. The van der Waals surface area contributed by atoms with E-state index in [-0.39, 0.29) is 24.3 Å². The Balaban J connectivity index is 0.00000112. The predicted octanol–water partition coefficient (Wildman–Crippen LogP) is 0.968. The number of hydrogen-bond acceptors (Lipinski definition) is 6. The van der Waals surface area contributed by atoms with Crippen LogP contribution in [0.15, 0.2) is 23.0 Å². The summed E-state index contributed by atoms with van der Waals surface area (Å²) in [5.74, 6) is 1.15. The molecule has 0 aromatic carbocycles. The predicted molar refractivity (Wildman–Crippen MR) is 55.2 cm³/mol. The van der Waals surface area contributed by atoms with Crippen molar-refractivity contribution in [3.8, 4) is 11.7 Å². The first-order valence-corrected chi connectivity index (χ1v) is 4.14. The second-order valence-electron chi connectivity index (χ2n) is 2.82.